The van der Waals surface area contributed by atoms with Crippen LogP contribution >= 0.6 is 0 Å². The van der Waals surface area contributed by atoms with Gasteiger partial charge in [0.2, 0.25) is 5.43 Å². The van der Waals surface area contributed by atoms with Crippen LogP contribution in [-0.2, 0) is 4.74 Å². The molecule has 0 amide bonds. The molecule has 3 aliphatic rings. The van der Waals surface area contributed by atoms with E-state index in [1.807, 2.05) is 6.07 Å². The Kier molecular flexibility index (Phi) is 4.32. The summed E-state index contributed by atoms with van der Waals surface area (Å²) < 4.78 is 36.1. The SMILES string of the molecule is N#Cc1c(N2C[C@@H]3COCC[C@@]3(N)C2)c(F)cc2c(=O)c(C(=O)O)cn([C@@H]3C[C@@H]3F)c12. The number of carbonyl (C=O) groups is 1. The number of rotatable bonds is 3. The Balaban J connectivity index is 1.75. The summed E-state index contributed by atoms with van der Waals surface area (Å²) in [5, 5.41) is 19.1. The lowest BCUT2D eigenvalue weighted by Gasteiger charge is -2.34. The number of hydrogen-bond acceptors (Lipinski definition) is 6. The quantitative estimate of drug-likeness (QED) is 0.758. The van der Waals surface area contributed by atoms with Gasteiger partial charge in [0, 0.05) is 43.8 Å². The fourth-order valence-corrected chi connectivity index (χ4v) is 4.90. The minimum absolute atomic E-state index is 0.00140. The molecular weight excluding hydrogens is 410 g/mol. The molecule has 2 saturated heterocycles. The molecule has 1 saturated carbocycles. The Morgan fingerprint density at radius 2 is 2.19 bits per heavy atom. The van der Waals surface area contributed by atoms with Crippen LogP contribution in [-0.4, -0.2) is 53.7 Å². The number of carboxylic acid groups (broad SMARTS) is 1. The molecule has 2 aliphatic heterocycles. The van der Waals surface area contributed by atoms with E-state index in [0.717, 1.165) is 12.3 Å². The van der Waals surface area contributed by atoms with Crippen molar-refractivity contribution in [1.82, 2.24) is 4.57 Å². The third-order valence-electron chi connectivity index (χ3n) is 6.71. The molecule has 162 valence electrons. The molecule has 31 heavy (non-hydrogen) atoms. The van der Waals surface area contributed by atoms with E-state index in [-0.39, 0.29) is 34.5 Å². The van der Waals surface area contributed by atoms with Crippen LogP contribution in [0.2, 0.25) is 0 Å². The number of nitrogens with two attached hydrogens (primary N) is 1. The van der Waals surface area contributed by atoms with Crippen LogP contribution in [0.15, 0.2) is 17.1 Å². The number of halogens is 2. The second-order valence-electron chi connectivity index (χ2n) is 8.63. The van der Waals surface area contributed by atoms with Gasteiger partial charge < -0.3 is 25.0 Å². The lowest BCUT2D eigenvalue weighted by Crippen LogP contribution is -2.52. The van der Waals surface area contributed by atoms with Gasteiger partial charge in [-0.25, -0.2) is 13.6 Å². The Labute approximate surface area is 175 Å². The Morgan fingerprint density at radius 3 is 2.81 bits per heavy atom. The van der Waals surface area contributed by atoms with Crippen LogP contribution in [0, 0.1) is 23.1 Å². The van der Waals surface area contributed by atoms with Crippen molar-refractivity contribution in [3.63, 3.8) is 0 Å². The molecule has 3 N–H and O–H groups in total. The number of aromatic carboxylic acids is 1. The molecule has 1 aromatic carbocycles. The average Bonchev–Trinajstić information content (AvgIpc) is 3.33. The highest BCUT2D eigenvalue weighted by atomic mass is 19.1. The highest BCUT2D eigenvalue weighted by Gasteiger charge is 2.47. The maximum atomic E-state index is 15.3. The highest BCUT2D eigenvalue weighted by molar-refractivity contribution is 5.96. The first-order chi connectivity index (χ1) is 14.7. The van der Waals surface area contributed by atoms with Crippen LogP contribution in [0.5, 0.6) is 0 Å². The predicted octanol–water partition coefficient (Wildman–Crippen LogP) is 1.55. The van der Waals surface area contributed by atoms with Gasteiger partial charge >= 0.3 is 5.97 Å². The molecular formula is C21H20F2N4O4. The molecule has 1 aromatic heterocycles. The number of alkyl halides is 1. The van der Waals surface area contributed by atoms with Gasteiger partial charge in [-0.05, 0) is 12.5 Å². The third-order valence-corrected chi connectivity index (χ3v) is 6.71. The number of nitrogens with zero attached hydrogens (tertiary/aromatic N) is 3. The van der Waals surface area contributed by atoms with Crippen molar-refractivity contribution in [1.29, 1.82) is 5.26 Å². The van der Waals surface area contributed by atoms with E-state index in [9.17, 15) is 24.3 Å². The van der Waals surface area contributed by atoms with Gasteiger partial charge in [-0.1, -0.05) is 0 Å². The van der Waals surface area contributed by atoms with Crippen LogP contribution in [0.25, 0.3) is 10.9 Å². The Hall–Kier alpha value is -3.03. The van der Waals surface area contributed by atoms with Gasteiger partial charge in [0.05, 0.1) is 29.2 Å². The zero-order valence-corrected chi connectivity index (χ0v) is 16.5. The van der Waals surface area contributed by atoms with Gasteiger partial charge in [-0.3, -0.25) is 4.79 Å². The molecule has 10 heteroatoms. The van der Waals surface area contributed by atoms with Crippen LogP contribution in [0.3, 0.4) is 0 Å². The number of ether oxygens (including phenoxy) is 1. The number of hydrogen-bond donors (Lipinski definition) is 2. The predicted molar refractivity (Wildman–Crippen MR) is 106 cm³/mol. The van der Waals surface area contributed by atoms with E-state index in [1.54, 1.807) is 4.90 Å². The average molecular weight is 430 g/mol. The summed E-state index contributed by atoms with van der Waals surface area (Å²) in [5.74, 6) is -2.35. The maximum Gasteiger partial charge on any atom is 0.341 e. The van der Waals surface area contributed by atoms with Crippen LogP contribution in [0.1, 0.15) is 34.8 Å². The van der Waals surface area contributed by atoms with Crippen molar-refractivity contribution in [2.45, 2.75) is 30.6 Å². The standard InChI is InChI=1S/C21H20F2N4O4/c22-14-4-16(14)27-7-13(20(29)30)19(28)11-3-15(23)18(12(5-24)17(11)27)26-6-10-8-31-2-1-21(10,25)9-26/h3,7,10,14,16H,1-2,4,6,8-9,25H2,(H,29,30)/t10-,14+,16-,21-/m1/s1. The summed E-state index contributed by atoms with van der Waals surface area (Å²) in [7, 11) is 0. The molecule has 5 rings (SSSR count). The number of nitriles is 1. The van der Waals surface area contributed by atoms with E-state index in [4.69, 9.17) is 10.5 Å². The molecule has 0 spiro atoms. The summed E-state index contributed by atoms with van der Waals surface area (Å²) in [6.45, 7) is 1.62. The molecule has 0 bridgehead atoms. The van der Waals surface area contributed by atoms with Gasteiger partial charge in [-0.2, -0.15) is 5.26 Å². The van der Waals surface area contributed by atoms with E-state index < -0.39 is 40.5 Å². The molecule has 3 fully saturated rings. The fraction of sp³-hybridized carbons (Fsp3) is 0.476. The number of carboxylic acids is 1. The number of benzene rings is 1. The largest absolute Gasteiger partial charge is 0.477 e. The molecule has 1 aliphatic carbocycles. The van der Waals surface area contributed by atoms with Crippen molar-refractivity contribution in [3.8, 4) is 6.07 Å². The first kappa shape index (κ1) is 19.9. The van der Waals surface area contributed by atoms with Crippen molar-refractivity contribution >= 4 is 22.6 Å². The molecule has 0 radical (unpaired) electrons. The fourth-order valence-electron chi connectivity index (χ4n) is 4.90. The van der Waals surface area contributed by atoms with Gasteiger partial charge in [0.15, 0.2) is 0 Å². The summed E-state index contributed by atoms with van der Waals surface area (Å²) in [5.41, 5.74) is 4.39. The monoisotopic (exact) mass is 430 g/mol. The van der Waals surface area contributed by atoms with E-state index in [1.165, 1.54) is 4.57 Å². The van der Waals surface area contributed by atoms with Gasteiger partial charge in [0.1, 0.15) is 29.2 Å². The Bertz CT molecular complexity index is 1220. The number of fused-ring (bicyclic) bond motifs is 2. The maximum absolute atomic E-state index is 15.3. The summed E-state index contributed by atoms with van der Waals surface area (Å²) in [6, 6.07) is 2.23. The summed E-state index contributed by atoms with van der Waals surface area (Å²) in [6.07, 6.45) is 0.557. The lowest BCUT2D eigenvalue weighted by atomic mass is 9.84. The summed E-state index contributed by atoms with van der Waals surface area (Å²) >= 11 is 0. The number of anilines is 1. The molecule has 8 nitrogen and oxygen atoms in total. The topological polar surface area (TPSA) is 122 Å². The number of pyridine rings is 1. The third kappa shape index (κ3) is 2.91. The molecule has 0 unspecified atom stereocenters. The van der Waals surface area contributed by atoms with Crippen molar-refractivity contribution in [2.75, 3.05) is 31.2 Å². The zero-order chi connectivity index (χ0) is 22.1. The van der Waals surface area contributed by atoms with E-state index in [0.29, 0.717) is 32.7 Å². The smallest absolute Gasteiger partial charge is 0.341 e. The summed E-state index contributed by atoms with van der Waals surface area (Å²) in [4.78, 5) is 26.0. The second kappa shape index (κ2) is 6.73. The van der Waals surface area contributed by atoms with Gasteiger partial charge in [-0.15, -0.1) is 0 Å². The second-order valence-corrected chi connectivity index (χ2v) is 8.63. The van der Waals surface area contributed by atoms with Crippen molar-refractivity contribution < 1.29 is 23.4 Å². The minimum atomic E-state index is -1.49. The first-order valence-corrected chi connectivity index (χ1v) is 10.1. The zero-order valence-electron chi connectivity index (χ0n) is 16.5. The van der Waals surface area contributed by atoms with Crippen molar-refractivity contribution in [2.24, 2.45) is 11.7 Å². The molecule has 3 heterocycles. The first-order valence-electron chi connectivity index (χ1n) is 10.1. The lowest BCUT2D eigenvalue weighted by molar-refractivity contribution is 0.0241. The number of aromatic nitrogens is 1. The molecule has 2 aromatic rings. The van der Waals surface area contributed by atoms with E-state index >= 15 is 4.39 Å². The highest BCUT2D eigenvalue weighted by Crippen LogP contribution is 2.44. The van der Waals surface area contributed by atoms with Crippen LogP contribution in [0.4, 0.5) is 14.5 Å². The van der Waals surface area contributed by atoms with Crippen LogP contribution < -0.4 is 16.1 Å². The normalized spacial score (nSPS) is 29.6. The van der Waals surface area contributed by atoms with E-state index in [2.05, 4.69) is 0 Å². The Morgan fingerprint density at radius 1 is 1.45 bits per heavy atom. The minimum Gasteiger partial charge on any atom is -0.477 e. The van der Waals surface area contributed by atoms with Gasteiger partial charge in [0.25, 0.3) is 0 Å². The van der Waals surface area contributed by atoms with Crippen molar-refractivity contribution in [3.05, 3.63) is 39.4 Å². The molecule has 4 atom stereocenters.